The summed E-state index contributed by atoms with van der Waals surface area (Å²) in [5.41, 5.74) is 0. The van der Waals surface area contributed by atoms with Crippen LogP contribution in [0, 0.1) is 0 Å². The summed E-state index contributed by atoms with van der Waals surface area (Å²) in [6.07, 6.45) is 0.670. The summed E-state index contributed by atoms with van der Waals surface area (Å²) >= 11 is 1.33. The molecule has 4 nitrogen and oxygen atoms in total. The molecule has 0 saturated carbocycles. The Morgan fingerprint density at radius 2 is 2.53 bits per heavy atom. The van der Waals surface area contributed by atoms with Gasteiger partial charge in [-0.05, 0) is 11.4 Å². The van der Waals surface area contributed by atoms with E-state index < -0.39 is 0 Å². The van der Waals surface area contributed by atoms with Crippen LogP contribution in [0.2, 0.25) is 0 Å². The van der Waals surface area contributed by atoms with Crippen molar-refractivity contribution in [2.45, 2.75) is 12.5 Å². The monoisotopic (exact) mass is 228 g/mol. The highest BCUT2D eigenvalue weighted by atomic mass is 32.1. The summed E-state index contributed by atoms with van der Waals surface area (Å²) in [5.74, 6) is 0.251. The summed E-state index contributed by atoms with van der Waals surface area (Å²) < 4.78 is 15.4. The second kappa shape index (κ2) is 4.63. The van der Waals surface area contributed by atoms with Gasteiger partial charge in [0.2, 0.25) is 0 Å². The summed E-state index contributed by atoms with van der Waals surface area (Å²) in [6, 6.07) is 1.76. The largest absolute Gasteiger partial charge is 0.495 e. The first kappa shape index (κ1) is 10.4. The lowest BCUT2D eigenvalue weighted by Crippen LogP contribution is -2.17. The highest BCUT2D eigenvalue weighted by Gasteiger charge is 2.23. The number of rotatable bonds is 3. The average Bonchev–Trinajstić information content (AvgIpc) is 2.86. The highest BCUT2D eigenvalue weighted by molar-refractivity contribution is 7.12. The molecule has 0 radical (unpaired) electrons. The fraction of sp³-hybridized carbons (Fsp3) is 0.500. The molecule has 0 aromatic carbocycles. The van der Waals surface area contributed by atoms with E-state index in [9.17, 15) is 4.79 Å². The molecule has 82 valence electrons. The van der Waals surface area contributed by atoms with E-state index in [-0.39, 0.29) is 12.1 Å². The van der Waals surface area contributed by atoms with Gasteiger partial charge in [-0.1, -0.05) is 0 Å². The Morgan fingerprint density at radius 1 is 1.67 bits per heavy atom. The summed E-state index contributed by atoms with van der Waals surface area (Å²) in [7, 11) is 1.54. The van der Waals surface area contributed by atoms with E-state index in [1.165, 1.54) is 18.4 Å². The Balaban J connectivity index is 2.00. The standard InChI is InChI=1S/C10H12O4S/c1-12-8-3-5-15-9(8)10(11)14-7-2-4-13-6-7/h3,5,7H,2,4,6H2,1H3/t7-/m0/s1. The third kappa shape index (κ3) is 2.30. The minimum Gasteiger partial charge on any atom is -0.495 e. The van der Waals surface area contributed by atoms with Gasteiger partial charge >= 0.3 is 5.97 Å². The summed E-state index contributed by atoms with van der Waals surface area (Å²) in [4.78, 5) is 12.2. The van der Waals surface area contributed by atoms with Crippen molar-refractivity contribution < 1.29 is 19.0 Å². The molecule has 2 heterocycles. The van der Waals surface area contributed by atoms with E-state index in [1.807, 2.05) is 0 Å². The Bertz CT molecular complexity index is 341. The van der Waals surface area contributed by atoms with Gasteiger partial charge in [0.15, 0.2) is 4.88 Å². The van der Waals surface area contributed by atoms with Crippen LogP contribution in [0.1, 0.15) is 16.1 Å². The zero-order chi connectivity index (χ0) is 10.7. The number of ether oxygens (including phenoxy) is 3. The van der Waals surface area contributed by atoms with Gasteiger partial charge in [0.05, 0.1) is 20.3 Å². The van der Waals surface area contributed by atoms with Crippen molar-refractivity contribution in [1.82, 2.24) is 0 Å². The quantitative estimate of drug-likeness (QED) is 0.739. The molecule has 0 aliphatic carbocycles. The smallest absolute Gasteiger partial charge is 0.352 e. The number of carbonyl (C=O) groups is 1. The zero-order valence-electron chi connectivity index (χ0n) is 8.39. The van der Waals surface area contributed by atoms with E-state index in [4.69, 9.17) is 14.2 Å². The molecule has 0 unspecified atom stereocenters. The SMILES string of the molecule is COc1ccsc1C(=O)O[C@H]1CCOC1. The molecule has 1 aromatic heterocycles. The van der Waals surface area contributed by atoms with Crippen molar-refractivity contribution in [3.05, 3.63) is 16.3 Å². The lowest BCUT2D eigenvalue weighted by Gasteiger charge is -2.09. The molecular weight excluding hydrogens is 216 g/mol. The van der Waals surface area contributed by atoms with Crippen molar-refractivity contribution in [3.63, 3.8) is 0 Å². The van der Waals surface area contributed by atoms with Crippen LogP contribution >= 0.6 is 11.3 Å². The molecule has 1 aliphatic rings. The number of hydrogen-bond donors (Lipinski definition) is 0. The normalized spacial score (nSPS) is 20.2. The number of thiophene rings is 1. The van der Waals surface area contributed by atoms with Crippen LogP contribution in [0.25, 0.3) is 0 Å². The zero-order valence-corrected chi connectivity index (χ0v) is 9.21. The maximum atomic E-state index is 11.7. The number of methoxy groups -OCH3 is 1. The fourth-order valence-corrected chi connectivity index (χ4v) is 2.16. The predicted molar refractivity (Wildman–Crippen MR) is 55.5 cm³/mol. The van der Waals surface area contributed by atoms with E-state index in [2.05, 4.69) is 0 Å². The van der Waals surface area contributed by atoms with E-state index in [0.717, 1.165) is 6.42 Å². The number of hydrogen-bond acceptors (Lipinski definition) is 5. The second-order valence-electron chi connectivity index (χ2n) is 3.21. The minimum atomic E-state index is -0.322. The molecule has 0 spiro atoms. The van der Waals surface area contributed by atoms with Gasteiger partial charge in [0, 0.05) is 6.42 Å². The van der Waals surface area contributed by atoms with Gasteiger partial charge in [-0.2, -0.15) is 0 Å². The molecule has 1 aliphatic heterocycles. The van der Waals surface area contributed by atoms with Crippen LogP contribution in [0.15, 0.2) is 11.4 Å². The van der Waals surface area contributed by atoms with Gasteiger partial charge in [-0.25, -0.2) is 4.79 Å². The first-order chi connectivity index (χ1) is 7.31. The van der Waals surface area contributed by atoms with E-state index in [1.54, 1.807) is 11.4 Å². The molecule has 2 rings (SSSR count). The van der Waals surface area contributed by atoms with Gasteiger partial charge < -0.3 is 14.2 Å². The van der Waals surface area contributed by atoms with Gasteiger partial charge in [0.25, 0.3) is 0 Å². The molecule has 1 atom stereocenters. The number of esters is 1. The molecule has 1 aromatic rings. The van der Waals surface area contributed by atoms with Crippen molar-refractivity contribution in [3.8, 4) is 5.75 Å². The minimum absolute atomic E-state index is 0.107. The molecule has 0 amide bonds. The summed E-state index contributed by atoms with van der Waals surface area (Å²) in [5, 5.41) is 1.81. The van der Waals surface area contributed by atoms with Crippen LogP contribution in [0.4, 0.5) is 0 Å². The Kier molecular flexibility index (Phi) is 3.23. The average molecular weight is 228 g/mol. The van der Waals surface area contributed by atoms with E-state index in [0.29, 0.717) is 23.8 Å². The highest BCUT2D eigenvalue weighted by Crippen LogP contribution is 2.26. The van der Waals surface area contributed by atoms with Crippen molar-refractivity contribution >= 4 is 17.3 Å². The Hall–Kier alpha value is -1.07. The van der Waals surface area contributed by atoms with Gasteiger partial charge in [0.1, 0.15) is 11.9 Å². The molecule has 1 fully saturated rings. The van der Waals surface area contributed by atoms with Crippen LogP contribution < -0.4 is 4.74 Å². The second-order valence-corrected chi connectivity index (χ2v) is 4.13. The molecule has 15 heavy (non-hydrogen) atoms. The Labute approximate surface area is 91.8 Å². The van der Waals surface area contributed by atoms with Crippen molar-refractivity contribution in [1.29, 1.82) is 0 Å². The van der Waals surface area contributed by atoms with Gasteiger partial charge in [-0.15, -0.1) is 11.3 Å². The van der Waals surface area contributed by atoms with E-state index >= 15 is 0 Å². The lowest BCUT2D eigenvalue weighted by atomic mass is 10.3. The lowest BCUT2D eigenvalue weighted by molar-refractivity contribution is 0.0273. The molecule has 0 bridgehead atoms. The van der Waals surface area contributed by atoms with Crippen molar-refractivity contribution in [2.75, 3.05) is 20.3 Å². The third-order valence-electron chi connectivity index (χ3n) is 2.20. The predicted octanol–water partition coefficient (Wildman–Crippen LogP) is 1.70. The first-order valence-corrected chi connectivity index (χ1v) is 5.59. The topological polar surface area (TPSA) is 44.8 Å². The van der Waals surface area contributed by atoms with Gasteiger partial charge in [-0.3, -0.25) is 0 Å². The van der Waals surface area contributed by atoms with Crippen LogP contribution in [0.5, 0.6) is 5.75 Å². The Morgan fingerprint density at radius 3 is 3.20 bits per heavy atom. The van der Waals surface area contributed by atoms with Crippen LogP contribution in [0.3, 0.4) is 0 Å². The first-order valence-electron chi connectivity index (χ1n) is 4.71. The van der Waals surface area contributed by atoms with Crippen LogP contribution in [-0.2, 0) is 9.47 Å². The molecule has 1 saturated heterocycles. The fourth-order valence-electron chi connectivity index (χ4n) is 1.42. The molecule has 5 heteroatoms. The molecule has 0 N–H and O–H groups in total. The summed E-state index contributed by atoms with van der Waals surface area (Å²) in [6.45, 7) is 1.17. The maximum absolute atomic E-state index is 11.7. The maximum Gasteiger partial charge on any atom is 0.352 e. The molecular formula is C10H12O4S. The third-order valence-corrected chi connectivity index (χ3v) is 3.07. The van der Waals surface area contributed by atoms with Crippen molar-refractivity contribution in [2.24, 2.45) is 0 Å². The number of carbonyl (C=O) groups excluding carboxylic acids is 1. The van der Waals surface area contributed by atoms with Crippen LogP contribution in [-0.4, -0.2) is 32.4 Å².